The van der Waals surface area contributed by atoms with Gasteiger partial charge in [-0.05, 0) is 6.92 Å². The number of rotatable bonds is 0. The van der Waals surface area contributed by atoms with Gasteiger partial charge in [-0.3, -0.25) is 0 Å². The van der Waals surface area contributed by atoms with Crippen LogP contribution in [-0.2, 0) is 6.54 Å². The van der Waals surface area contributed by atoms with Crippen LogP contribution in [0, 0.1) is 0 Å². The molecular weight excluding hydrogens is 150 g/mol. The highest BCUT2D eigenvalue weighted by Crippen LogP contribution is 2.06. The predicted octanol–water partition coefficient (Wildman–Crippen LogP) is 1.83. The van der Waals surface area contributed by atoms with Crippen molar-refractivity contribution in [3.8, 4) is 0 Å². The van der Waals surface area contributed by atoms with Gasteiger partial charge in [0.1, 0.15) is 5.82 Å². The van der Waals surface area contributed by atoms with E-state index in [1.807, 2.05) is 43.9 Å². The van der Waals surface area contributed by atoms with Crippen molar-refractivity contribution in [3.05, 3.63) is 23.9 Å². The Morgan fingerprint density at radius 1 is 1.50 bits per heavy atom. The van der Waals surface area contributed by atoms with E-state index >= 15 is 0 Å². The first kappa shape index (κ1) is 8.84. The number of hydrogen-bond acceptors (Lipinski definition) is 2. The predicted molar refractivity (Wildman–Crippen MR) is 50.4 cm³/mol. The summed E-state index contributed by atoms with van der Waals surface area (Å²) in [5.41, 5.74) is 1.19. The maximum absolute atomic E-state index is 4.15. The van der Waals surface area contributed by atoms with E-state index in [2.05, 4.69) is 10.3 Å². The summed E-state index contributed by atoms with van der Waals surface area (Å²) in [5.74, 6) is 1.07. The molecule has 0 bridgehead atoms. The Labute approximate surface area is 73.1 Å². The van der Waals surface area contributed by atoms with Gasteiger partial charge in [-0.1, -0.05) is 13.8 Å². The second kappa shape index (κ2) is 3.95. The normalized spacial score (nSPS) is 13.4. The third kappa shape index (κ3) is 1.67. The lowest BCUT2D eigenvalue weighted by Crippen LogP contribution is -2.18. The number of aromatic nitrogens is 2. The third-order valence-corrected chi connectivity index (χ3v) is 1.61. The van der Waals surface area contributed by atoms with Crippen LogP contribution < -0.4 is 5.32 Å². The van der Waals surface area contributed by atoms with Crippen LogP contribution >= 0.6 is 0 Å². The Bertz CT molecular complexity index is 273. The molecule has 0 saturated carbocycles. The highest BCUT2D eigenvalue weighted by atomic mass is 15.1. The van der Waals surface area contributed by atoms with E-state index < -0.39 is 0 Å². The van der Waals surface area contributed by atoms with Crippen molar-refractivity contribution in [3.63, 3.8) is 0 Å². The fourth-order valence-electron chi connectivity index (χ4n) is 1.07. The van der Waals surface area contributed by atoms with Gasteiger partial charge in [0.25, 0.3) is 0 Å². The third-order valence-electron chi connectivity index (χ3n) is 1.61. The molecule has 0 fully saturated rings. The van der Waals surface area contributed by atoms with Crippen LogP contribution in [0.3, 0.4) is 0 Å². The zero-order chi connectivity index (χ0) is 8.97. The highest BCUT2D eigenvalue weighted by molar-refractivity contribution is 5.32. The molecule has 0 aromatic carbocycles. The molecule has 1 aliphatic rings. The van der Waals surface area contributed by atoms with Crippen molar-refractivity contribution in [2.45, 2.75) is 27.3 Å². The van der Waals surface area contributed by atoms with Gasteiger partial charge in [0.05, 0.1) is 6.54 Å². The molecular formula is C9H15N3. The van der Waals surface area contributed by atoms with Crippen molar-refractivity contribution >= 4 is 6.20 Å². The minimum absolute atomic E-state index is 0.843. The molecule has 1 aromatic heterocycles. The van der Waals surface area contributed by atoms with Gasteiger partial charge in [0.2, 0.25) is 0 Å². The van der Waals surface area contributed by atoms with E-state index in [-0.39, 0.29) is 0 Å². The summed E-state index contributed by atoms with van der Waals surface area (Å²) >= 11 is 0. The van der Waals surface area contributed by atoms with Crippen LogP contribution in [0.15, 0.2) is 18.1 Å². The molecule has 1 aliphatic heterocycles. The first-order chi connectivity index (χ1) is 5.86. The Hall–Kier alpha value is -1.25. The van der Waals surface area contributed by atoms with E-state index in [4.69, 9.17) is 0 Å². The van der Waals surface area contributed by atoms with Crippen LogP contribution in [0.5, 0.6) is 0 Å². The van der Waals surface area contributed by atoms with Crippen molar-refractivity contribution in [2.75, 3.05) is 0 Å². The van der Waals surface area contributed by atoms with Gasteiger partial charge in [-0.25, -0.2) is 4.98 Å². The fourth-order valence-corrected chi connectivity index (χ4v) is 1.07. The lowest BCUT2D eigenvalue weighted by molar-refractivity contribution is 0.720. The Morgan fingerprint density at radius 2 is 2.25 bits per heavy atom. The zero-order valence-electron chi connectivity index (χ0n) is 7.83. The summed E-state index contributed by atoms with van der Waals surface area (Å²) in [6.45, 7) is 6.89. The van der Waals surface area contributed by atoms with E-state index in [0.717, 1.165) is 12.4 Å². The van der Waals surface area contributed by atoms with Crippen LogP contribution in [0.1, 0.15) is 26.6 Å². The van der Waals surface area contributed by atoms with Crippen LogP contribution in [0.2, 0.25) is 0 Å². The quantitative estimate of drug-likeness (QED) is 0.635. The molecule has 0 aliphatic carbocycles. The maximum Gasteiger partial charge on any atom is 0.132 e. The molecule has 0 unspecified atom stereocenters. The van der Waals surface area contributed by atoms with E-state index in [9.17, 15) is 0 Å². The molecule has 1 N–H and O–H groups in total. The van der Waals surface area contributed by atoms with E-state index in [0.29, 0.717) is 0 Å². The van der Waals surface area contributed by atoms with E-state index in [1.165, 1.54) is 5.70 Å². The van der Waals surface area contributed by atoms with Gasteiger partial charge in [-0.15, -0.1) is 0 Å². The summed E-state index contributed by atoms with van der Waals surface area (Å²) in [7, 11) is 0. The summed E-state index contributed by atoms with van der Waals surface area (Å²) in [6.07, 6.45) is 5.80. The average Bonchev–Trinajstić information content (AvgIpc) is 2.54. The molecule has 12 heavy (non-hydrogen) atoms. The van der Waals surface area contributed by atoms with Gasteiger partial charge in [-0.2, -0.15) is 0 Å². The van der Waals surface area contributed by atoms with Crippen LogP contribution in [-0.4, -0.2) is 9.55 Å². The summed E-state index contributed by atoms with van der Waals surface area (Å²) in [5, 5.41) is 3.20. The van der Waals surface area contributed by atoms with E-state index in [1.54, 1.807) is 0 Å². The first-order valence-electron chi connectivity index (χ1n) is 4.30. The Kier molecular flexibility index (Phi) is 2.91. The van der Waals surface area contributed by atoms with Gasteiger partial charge in [0, 0.05) is 24.3 Å². The number of imidazole rings is 1. The summed E-state index contributed by atoms with van der Waals surface area (Å²) < 4.78 is 2.03. The number of hydrogen-bond donors (Lipinski definition) is 1. The first-order valence-corrected chi connectivity index (χ1v) is 4.30. The fraction of sp³-hybridized carbons (Fsp3) is 0.444. The lowest BCUT2D eigenvalue weighted by Gasteiger charge is -2.13. The standard InChI is InChI=1S/C7H9N3.C2H6/c1-6-5-10-3-2-8-7(10)4-9-6;1-2/h2-3,5,9H,4H2,1H3;1-2H3. The Morgan fingerprint density at radius 3 is 3.00 bits per heavy atom. The number of nitrogens with one attached hydrogen (secondary N) is 1. The number of allylic oxidation sites excluding steroid dienone is 1. The molecule has 0 atom stereocenters. The van der Waals surface area contributed by atoms with Gasteiger partial charge >= 0.3 is 0 Å². The minimum Gasteiger partial charge on any atom is -0.380 e. The number of fused-ring (bicyclic) bond motifs is 1. The monoisotopic (exact) mass is 165 g/mol. The second-order valence-corrected chi connectivity index (χ2v) is 2.42. The molecule has 0 radical (unpaired) electrons. The van der Waals surface area contributed by atoms with Crippen molar-refractivity contribution in [1.29, 1.82) is 0 Å². The molecule has 3 heteroatoms. The minimum atomic E-state index is 0.843. The molecule has 66 valence electrons. The molecule has 2 heterocycles. The van der Waals surface area contributed by atoms with Crippen molar-refractivity contribution in [1.82, 2.24) is 14.9 Å². The van der Waals surface area contributed by atoms with Crippen LogP contribution in [0.4, 0.5) is 0 Å². The summed E-state index contributed by atoms with van der Waals surface area (Å²) in [6, 6.07) is 0. The average molecular weight is 165 g/mol. The molecule has 0 amide bonds. The molecule has 0 spiro atoms. The van der Waals surface area contributed by atoms with Gasteiger partial charge < -0.3 is 9.88 Å². The topological polar surface area (TPSA) is 29.9 Å². The van der Waals surface area contributed by atoms with Gasteiger partial charge in [0.15, 0.2) is 0 Å². The SMILES string of the molecule is CC.CC1=Cn2ccnc2CN1. The summed E-state index contributed by atoms with van der Waals surface area (Å²) in [4.78, 5) is 4.15. The van der Waals surface area contributed by atoms with Crippen molar-refractivity contribution < 1.29 is 0 Å². The smallest absolute Gasteiger partial charge is 0.132 e. The molecule has 0 saturated heterocycles. The maximum atomic E-state index is 4.15. The molecule has 3 nitrogen and oxygen atoms in total. The van der Waals surface area contributed by atoms with Crippen LogP contribution in [0.25, 0.3) is 6.20 Å². The molecule has 1 aromatic rings. The van der Waals surface area contributed by atoms with Crippen molar-refractivity contribution in [2.24, 2.45) is 0 Å². The molecule has 2 rings (SSSR count). The lowest BCUT2D eigenvalue weighted by atomic mass is 10.4. The zero-order valence-corrected chi connectivity index (χ0v) is 7.83. The number of nitrogens with zero attached hydrogens (tertiary/aromatic N) is 2. The highest BCUT2D eigenvalue weighted by Gasteiger charge is 2.04. The second-order valence-electron chi connectivity index (χ2n) is 2.42. The Balaban J connectivity index is 0.000000336. The largest absolute Gasteiger partial charge is 0.380 e.